The molecule has 2 aromatic carbocycles. The smallest absolute Gasteiger partial charge is 0.253 e. The molecule has 2 amide bonds. The van der Waals surface area contributed by atoms with Gasteiger partial charge < -0.3 is 10.2 Å². The van der Waals surface area contributed by atoms with Gasteiger partial charge in [-0.3, -0.25) is 13.9 Å². The molecule has 2 rings (SSSR count). The first-order valence-corrected chi connectivity index (χ1v) is 10.8. The van der Waals surface area contributed by atoms with Crippen molar-refractivity contribution >= 4 is 33.2 Å². The van der Waals surface area contributed by atoms with Gasteiger partial charge in [-0.05, 0) is 42.8 Å². The maximum atomic E-state index is 14.0. The van der Waals surface area contributed by atoms with E-state index >= 15 is 0 Å². The lowest BCUT2D eigenvalue weighted by Crippen LogP contribution is -2.32. The Bertz CT molecular complexity index is 975. The van der Waals surface area contributed by atoms with Crippen LogP contribution in [0.3, 0.4) is 0 Å². The third-order valence-corrected chi connectivity index (χ3v) is 5.29. The molecule has 29 heavy (non-hydrogen) atoms. The molecule has 2 aromatic rings. The van der Waals surface area contributed by atoms with E-state index in [9.17, 15) is 22.4 Å². The molecule has 0 aromatic heterocycles. The van der Waals surface area contributed by atoms with Crippen molar-refractivity contribution in [3.63, 3.8) is 0 Å². The van der Waals surface area contributed by atoms with Crippen LogP contribution in [0.15, 0.2) is 48.5 Å². The van der Waals surface area contributed by atoms with Crippen LogP contribution < -0.4 is 9.62 Å². The average Bonchev–Trinajstić information content (AvgIpc) is 2.65. The summed E-state index contributed by atoms with van der Waals surface area (Å²) in [6, 6.07) is 12.1. The fraction of sp³-hybridized carbons (Fsp3) is 0.300. The van der Waals surface area contributed by atoms with Crippen molar-refractivity contribution < 1.29 is 22.4 Å². The maximum absolute atomic E-state index is 14.0. The SMILES string of the molecule is CN(C)C(=O)c1ccc(NC(=O)CCCN(c2ccccc2F)S(C)(=O)=O)cc1. The fourth-order valence-electron chi connectivity index (χ4n) is 2.68. The zero-order chi connectivity index (χ0) is 21.6. The van der Waals surface area contributed by atoms with Crippen molar-refractivity contribution in [1.82, 2.24) is 4.90 Å². The van der Waals surface area contributed by atoms with Crippen molar-refractivity contribution in [2.45, 2.75) is 12.8 Å². The number of nitrogens with zero attached hydrogens (tertiary/aromatic N) is 2. The second-order valence-corrected chi connectivity index (χ2v) is 8.62. The van der Waals surface area contributed by atoms with Gasteiger partial charge in [-0.2, -0.15) is 0 Å². The molecule has 0 spiro atoms. The molecule has 0 radical (unpaired) electrons. The molecule has 9 heteroatoms. The van der Waals surface area contributed by atoms with Crippen LogP contribution in [0.25, 0.3) is 0 Å². The predicted molar refractivity (Wildman–Crippen MR) is 111 cm³/mol. The van der Waals surface area contributed by atoms with E-state index in [0.29, 0.717) is 11.3 Å². The average molecular weight is 421 g/mol. The van der Waals surface area contributed by atoms with E-state index in [1.807, 2.05) is 0 Å². The van der Waals surface area contributed by atoms with Gasteiger partial charge in [-0.25, -0.2) is 12.8 Å². The Hall–Kier alpha value is -2.94. The highest BCUT2D eigenvalue weighted by Gasteiger charge is 2.20. The zero-order valence-electron chi connectivity index (χ0n) is 16.6. The van der Waals surface area contributed by atoms with Gasteiger partial charge >= 0.3 is 0 Å². The lowest BCUT2D eigenvalue weighted by Gasteiger charge is -2.22. The number of hydrogen-bond acceptors (Lipinski definition) is 4. The van der Waals surface area contributed by atoms with Crippen LogP contribution in [0, 0.1) is 5.82 Å². The first kappa shape index (κ1) is 22.4. The largest absolute Gasteiger partial charge is 0.345 e. The Morgan fingerprint density at radius 3 is 2.21 bits per heavy atom. The van der Waals surface area contributed by atoms with Crippen molar-refractivity contribution in [1.29, 1.82) is 0 Å². The first-order chi connectivity index (χ1) is 13.6. The number of nitrogens with one attached hydrogen (secondary N) is 1. The molecule has 0 aliphatic rings. The standard InChI is InChI=1S/C20H24FN3O4S/c1-23(2)20(26)15-10-12-16(13-11-15)22-19(25)9-6-14-24(29(3,27)28)18-8-5-4-7-17(18)21/h4-5,7-8,10-13H,6,9,14H2,1-3H3,(H,22,25). The predicted octanol–water partition coefficient (Wildman–Crippen LogP) is 2.71. The van der Waals surface area contributed by atoms with E-state index in [0.717, 1.165) is 10.6 Å². The molecule has 0 bridgehead atoms. The summed E-state index contributed by atoms with van der Waals surface area (Å²) in [6.45, 7) is -0.0243. The van der Waals surface area contributed by atoms with Crippen LogP contribution in [0.5, 0.6) is 0 Å². The van der Waals surface area contributed by atoms with E-state index in [1.165, 1.54) is 23.1 Å². The lowest BCUT2D eigenvalue weighted by molar-refractivity contribution is -0.116. The molecule has 0 fully saturated rings. The minimum Gasteiger partial charge on any atom is -0.345 e. The second kappa shape index (κ2) is 9.51. The van der Waals surface area contributed by atoms with Crippen LogP contribution in [0.2, 0.25) is 0 Å². The van der Waals surface area contributed by atoms with Crippen LogP contribution in [0.1, 0.15) is 23.2 Å². The number of amides is 2. The van der Waals surface area contributed by atoms with Crippen molar-refractivity contribution in [3.05, 3.63) is 59.9 Å². The number of carbonyl (C=O) groups is 2. The van der Waals surface area contributed by atoms with E-state index in [1.54, 1.807) is 44.4 Å². The number of hydrogen-bond donors (Lipinski definition) is 1. The second-order valence-electron chi connectivity index (χ2n) is 6.72. The molecule has 0 saturated carbocycles. The summed E-state index contributed by atoms with van der Waals surface area (Å²) in [5.41, 5.74) is 0.984. The van der Waals surface area contributed by atoms with Gasteiger partial charge in [-0.1, -0.05) is 12.1 Å². The van der Waals surface area contributed by atoms with Gasteiger partial charge in [0.2, 0.25) is 15.9 Å². The van der Waals surface area contributed by atoms with Crippen LogP contribution in [-0.4, -0.2) is 52.0 Å². The minimum absolute atomic E-state index is 0.0243. The molecule has 0 aliphatic heterocycles. The normalized spacial score (nSPS) is 11.0. The molecule has 0 atom stereocenters. The van der Waals surface area contributed by atoms with Gasteiger partial charge in [-0.15, -0.1) is 0 Å². The van der Waals surface area contributed by atoms with Gasteiger partial charge in [0.1, 0.15) is 5.82 Å². The summed E-state index contributed by atoms with van der Waals surface area (Å²) in [6.07, 6.45) is 1.26. The maximum Gasteiger partial charge on any atom is 0.253 e. The van der Waals surface area contributed by atoms with Crippen LogP contribution >= 0.6 is 0 Å². The summed E-state index contributed by atoms with van der Waals surface area (Å²) >= 11 is 0. The highest BCUT2D eigenvalue weighted by molar-refractivity contribution is 7.92. The monoisotopic (exact) mass is 421 g/mol. The summed E-state index contributed by atoms with van der Waals surface area (Å²) < 4.78 is 39.0. The quantitative estimate of drug-likeness (QED) is 0.710. The summed E-state index contributed by atoms with van der Waals surface area (Å²) in [5, 5.41) is 2.70. The molecule has 0 aliphatic carbocycles. The summed E-state index contributed by atoms with van der Waals surface area (Å²) in [4.78, 5) is 25.5. The number of anilines is 2. The molecule has 1 N–H and O–H groups in total. The third-order valence-electron chi connectivity index (χ3n) is 4.11. The molecule has 156 valence electrons. The molecule has 0 saturated heterocycles. The van der Waals surface area contributed by atoms with E-state index in [4.69, 9.17) is 0 Å². The minimum atomic E-state index is -3.69. The van der Waals surface area contributed by atoms with Crippen molar-refractivity contribution in [2.75, 3.05) is 36.5 Å². The number of benzene rings is 2. The number of para-hydroxylation sites is 1. The lowest BCUT2D eigenvalue weighted by atomic mass is 10.2. The fourth-order valence-corrected chi connectivity index (χ4v) is 3.65. The highest BCUT2D eigenvalue weighted by atomic mass is 32.2. The Morgan fingerprint density at radius 1 is 1.03 bits per heavy atom. The number of halogens is 1. The Labute approximate surface area is 170 Å². The van der Waals surface area contributed by atoms with E-state index in [-0.39, 0.29) is 36.9 Å². The first-order valence-electron chi connectivity index (χ1n) is 8.93. The summed E-state index contributed by atoms with van der Waals surface area (Å²) in [5.74, 6) is -1.09. The van der Waals surface area contributed by atoms with E-state index in [2.05, 4.69) is 5.32 Å². The number of sulfonamides is 1. The van der Waals surface area contributed by atoms with Crippen LogP contribution in [-0.2, 0) is 14.8 Å². The zero-order valence-corrected chi connectivity index (χ0v) is 17.4. The molecule has 0 unspecified atom stereocenters. The number of rotatable bonds is 8. The molecular weight excluding hydrogens is 397 g/mol. The van der Waals surface area contributed by atoms with Gasteiger partial charge in [0.15, 0.2) is 0 Å². The third kappa shape index (κ3) is 6.28. The van der Waals surface area contributed by atoms with E-state index < -0.39 is 15.8 Å². The molecule has 7 nitrogen and oxygen atoms in total. The van der Waals surface area contributed by atoms with Gasteiger partial charge in [0, 0.05) is 38.3 Å². The molecular formula is C20H24FN3O4S. The molecule has 0 heterocycles. The Balaban J connectivity index is 1.94. The number of carbonyl (C=O) groups excluding carboxylic acids is 2. The van der Waals surface area contributed by atoms with Gasteiger partial charge in [0.25, 0.3) is 5.91 Å². The summed E-state index contributed by atoms with van der Waals surface area (Å²) in [7, 11) is -0.388. The topological polar surface area (TPSA) is 86.8 Å². The van der Waals surface area contributed by atoms with Crippen molar-refractivity contribution in [2.24, 2.45) is 0 Å². The van der Waals surface area contributed by atoms with Crippen molar-refractivity contribution in [3.8, 4) is 0 Å². The van der Waals surface area contributed by atoms with Gasteiger partial charge in [0.05, 0.1) is 11.9 Å². The highest BCUT2D eigenvalue weighted by Crippen LogP contribution is 2.22. The Kier molecular flexibility index (Phi) is 7.33. The Morgan fingerprint density at radius 2 is 1.66 bits per heavy atom. The van der Waals surface area contributed by atoms with Crippen LogP contribution in [0.4, 0.5) is 15.8 Å².